The van der Waals surface area contributed by atoms with E-state index in [0.717, 1.165) is 43.4 Å². The summed E-state index contributed by atoms with van der Waals surface area (Å²) >= 11 is 0. The van der Waals surface area contributed by atoms with Gasteiger partial charge in [-0.1, -0.05) is 0 Å². The Kier molecular flexibility index (Phi) is 5.65. The lowest BCUT2D eigenvalue weighted by molar-refractivity contribution is 0.166. The smallest absolute Gasteiger partial charge is 0.317 e. The molecule has 2 aromatic heterocycles. The molecular weight excluding hydrogens is 318 g/mol. The maximum Gasteiger partial charge on any atom is 0.317 e. The van der Waals surface area contributed by atoms with Crippen LogP contribution in [0.2, 0.25) is 0 Å². The summed E-state index contributed by atoms with van der Waals surface area (Å²) in [5.74, 6) is 2.13. The molecular formula is C18H25N5O2. The molecule has 0 saturated carbocycles. The molecule has 0 aromatic carbocycles. The molecule has 2 aromatic rings. The molecule has 134 valence electrons. The number of nitrogens with zero attached hydrogens (tertiary/aromatic N) is 4. The van der Waals surface area contributed by atoms with Crippen LogP contribution in [0.3, 0.4) is 0 Å². The highest BCUT2D eigenvalue weighted by Crippen LogP contribution is 2.14. The van der Waals surface area contributed by atoms with E-state index in [4.69, 9.17) is 4.74 Å². The van der Waals surface area contributed by atoms with Crippen molar-refractivity contribution in [2.45, 2.75) is 26.8 Å². The van der Waals surface area contributed by atoms with Gasteiger partial charge in [0.05, 0.1) is 6.61 Å². The third-order valence-electron chi connectivity index (χ3n) is 4.50. The van der Waals surface area contributed by atoms with Crippen LogP contribution in [0.25, 0.3) is 5.82 Å². The first-order valence-corrected chi connectivity index (χ1v) is 8.73. The SMILES string of the molecule is CCN(C[C@@H]1CCOC1)C(=O)NCc1ccnc(-n2ccnc2C)c1. The minimum atomic E-state index is -0.0356. The van der Waals surface area contributed by atoms with Gasteiger partial charge in [0.2, 0.25) is 0 Å². The molecule has 1 aliphatic rings. The lowest BCUT2D eigenvalue weighted by Crippen LogP contribution is -2.42. The van der Waals surface area contributed by atoms with Gasteiger partial charge in [0.1, 0.15) is 11.6 Å². The first-order valence-electron chi connectivity index (χ1n) is 8.73. The Bertz CT molecular complexity index is 709. The van der Waals surface area contributed by atoms with Gasteiger partial charge in [-0.15, -0.1) is 0 Å². The maximum atomic E-state index is 12.4. The monoisotopic (exact) mass is 343 g/mol. The van der Waals surface area contributed by atoms with Crippen molar-refractivity contribution in [3.63, 3.8) is 0 Å². The van der Waals surface area contributed by atoms with Crippen molar-refractivity contribution in [3.8, 4) is 5.82 Å². The molecule has 1 atom stereocenters. The number of carbonyl (C=O) groups is 1. The summed E-state index contributed by atoms with van der Waals surface area (Å²) in [6.45, 7) is 7.40. The third-order valence-corrected chi connectivity index (χ3v) is 4.50. The molecule has 0 bridgehead atoms. The van der Waals surface area contributed by atoms with E-state index in [1.54, 1.807) is 12.4 Å². The summed E-state index contributed by atoms with van der Waals surface area (Å²) in [7, 11) is 0. The number of aryl methyl sites for hydroxylation is 1. The summed E-state index contributed by atoms with van der Waals surface area (Å²) in [5, 5.41) is 3.00. The highest BCUT2D eigenvalue weighted by molar-refractivity contribution is 5.74. The average molecular weight is 343 g/mol. The van der Waals surface area contributed by atoms with Gasteiger partial charge in [0.25, 0.3) is 0 Å². The number of aromatic nitrogens is 3. The van der Waals surface area contributed by atoms with Gasteiger partial charge in [0, 0.05) is 50.7 Å². The van der Waals surface area contributed by atoms with E-state index in [1.807, 2.05) is 41.6 Å². The van der Waals surface area contributed by atoms with Gasteiger partial charge in [0.15, 0.2) is 0 Å². The predicted molar refractivity (Wildman–Crippen MR) is 94.5 cm³/mol. The molecule has 25 heavy (non-hydrogen) atoms. The fourth-order valence-corrected chi connectivity index (χ4v) is 3.01. The van der Waals surface area contributed by atoms with Crippen molar-refractivity contribution in [3.05, 3.63) is 42.1 Å². The Morgan fingerprint density at radius 2 is 2.32 bits per heavy atom. The standard InChI is InChI=1S/C18H25N5O2/c1-3-22(12-16-5-9-25-13-16)18(24)21-11-15-4-6-20-17(10-15)23-8-7-19-14(23)2/h4,6-8,10,16H,3,5,9,11-13H2,1-2H3,(H,21,24)/t16-/m0/s1. The molecule has 1 saturated heterocycles. The molecule has 0 spiro atoms. The van der Waals surface area contributed by atoms with Crippen LogP contribution in [-0.4, -0.2) is 51.8 Å². The zero-order chi connectivity index (χ0) is 17.6. The largest absolute Gasteiger partial charge is 0.381 e. The van der Waals surface area contributed by atoms with Crippen molar-refractivity contribution in [2.24, 2.45) is 5.92 Å². The Morgan fingerprint density at radius 3 is 3.00 bits per heavy atom. The Balaban J connectivity index is 1.58. The molecule has 1 aliphatic heterocycles. The number of rotatable bonds is 6. The van der Waals surface area contributed by atoms with Crippen LogP contribution in [-0.2, 0) is 11.3 Å². The third kappa shape index (κ3) is 4.36. The van der Waals surface area contributed by atoms with Crippen molar-refractivity contribution < 1.29 is 9.53 Å². The van der Waals surface area contributed by atoms with Crippen LogP contribution in [0, 0.1) is 12.8 Å². The van der Waals surface area contributed by atoms with Gasteiger partial charge in [-0.05, 0) is 38.0 Å². The molecule has 7 heteroatoms. The molecule has 0 radical (unpaired) electrons. The fourth-order valence-electron chi connectivity index (χ4n) is 3.01. The number of pyridine rings is 1. The second-order valence-electron chi connectivity index (χ2n) is 6.29. The normalized spacial score (nSPS) is 16.8. The zero-order valence-corrected chi connectivity index (χ0v) is 14.8. The number of hydrogen-bond acceptors (Lipinski definition) is 4. The van der Waals surface area contributed by atoms with E-state index >= 15 is 0 Å². The van der Waals surface area contributed by atoms with E-state index in [0.29, 0.717) is 19.0 Å². The van der Waals surface area contributed by atoms with Crippen molar-refractivity contribution >= 4 is 6.03 Å². The number of nitrogens with one attached hydrogen (secondary N) is 1. The number of ether oxygens (including phenoxy) is 1. The van der Waals surface area contributed by atoms with E-state index in [-0.39, 0.29) is 6.03 Å². The van der Waals surface area contributed by atoms with Gasteiger partial charge in [-0.2, -0.15) is 0 Å². The minimum absolute atomic E-state index is 0.0356. The highest BCUT2D eigenvalue weighted by atomic mass is 16.5. The van der Waals surface area contributed by atoms with Crippen molar-refractivity contribution in [1.29, 1.82) is 0 Å². The summed E-state index contributed by atoms with van der Waals surface area (Å²) in [6.07, 6.45) is 6.41. The minimum Gasteiger partial charge on any atom is -0.381 e. The second-order valence-corrected chi connectivity index (χ2v) is 6.29. The van der Waals surface area contributed by atoms with E-state index < -0.39 is 0 Å². The molecule has 0 unspecified atom stereocenters. The van der Waals surface area contributed by atoms with E-state index in [1.165, 1.54) is 0 Å². The lowest BCUT2D eigenvalue weighted by atomic mass is 10.1. The number of hydrogen-bond donors (Lipinski definition) is 1. The molecule has 2 amide bonds. The lowest BCUT2D eigenvalue weighted by Gasteiger charge is -2.24. The topological polar surface area (TPSA) is 72.3 Å². The van der Waals surface area contributed by atoms with Crippen LogP contribution in [0.4, 0.5) is 4.79 Å². The van der Waals surface area contributed by atoms with Crippen molar-refractivity contribution in [2.75, 3.05) is 26.3 Å². The first kappa shape index (κ1) is 17.4. The summed E-state index contributed by atoms with van der Waals surface area (Å²) in [5.41, 5.74) is 1.01. The molecule has 1 N–H and O–H groups in total. The fraction of sp³-hybridized carbons (Fsp3) is 0.500. The number of urea groups is 1. The zero-order valence-electron chi connectivity index (χ0n) is 14.8. The van der Waals surface area contributed by atoms with Crippen LogP contribution < -0.4 is 5.32 Å². The molecule has 1 fully saturated rings. The molecule has 3 rings (SSSR count). The average Bonchev–Trinajstić information content (AvgIpc) is 3.29. The van der Waals surface area contributed by atoms with E-state index in [9.17, 15) is 4.79 Å². The number of amides is 2. The van der Waals surface area contributed by atoms with Crippen LogP contribution >= 0.6 is 0 Å². The van der Waals surface area contributed by atoms with Crippen LogP contribution in [0.1, 0.15) is 24.7 Å². The molecule has 7 nitrogen and oxygen atoms in total. The summed E-state index contributed by atoms with van der Waals surface area (Å²) < 4.78 is 7.32. The number of imidazole rings is 1. The van der Waals surface area contributed by atoms with Gasteiger partial charge in [-0.3, -0.25) is 4.57 Å². The Hall–Kier alpha value is -2.41. The molecule has 3 heterocycles. The second kappa shape index (κ2) is 8.11. The van der Waals surface area contributed by atoms with Gasteiger partial charge in [-0.25, -0.2) is 14.8 Å². The first-order chi connectivity index (χ1) is 12.2. The quantitative estimate of drug-likeness (QED) is 0.872. The van der Waals surface area contributed by atoms with E-state index in [2.05, 4.69) is 15.3 Å². The summed E-state index contributed by atoms with van der Waals surface area (Å²) in [6, 6.07) is 3.85. The van der Waals surface area contributed by atoms with Gasteiger partial charge >= 0.3 is 6.03 Å². The van der Waals surface area contributed by atoms with Gasteiger partial charge < -0.3 is 15.0 Å². The predicted octanol–water partition coefficient (Wildman–Crippen LogP) is 2.14. The van der Waals surface area contributed by atoms with Crippen LogP contribution in [0.15, 0.2) is 30.7 Å². The Labute approximate surface area is 148 Å². The van der Waals surface area contributed by atoms with Crippen molar-refractivity contribution in [1.82, 2.24) is 24.8 Å². The maximum absolute atomic E-state index is 12.4. The summed E-state index contributed by atoms with van der Waals surface area (Å²) in [4.78, 5) is 22.9. The van der Waals surface area contributed by atoms with Crippen LogP contribution in [0.5, 0.6) is 0 Å². The highest BCUT2D eigenvalue weighted by Gasteiger charge is 2.21. The Morgan fingerprint density at radius 1 is 1.44 bits per heavy atom. The number of carbonyl (C=O) groups excluding carboxylic acids is 1. The molecule has 0 aliphatic carbocycles.